The van der Waals surface area contributed by atoms with Gasteiger partial charge in [-0.05, 0) is 18.6 Å². The van der Waals surface area contributed by atoms with Gasteiger partial charge < -0.3 is 4.40 Å². The van der Waals surface area contributed by atoms with Crippen LogP contribution >= 0.6 is 0 Å². The van der Waals surface area contributed by atoms with E-state index in [9.17, 15) is 9.59 Å². The zero-order valence-electron chi connectivity index (χ0n) is 9.09. The highest BCUT2D eigenvalue weighted by molar-refractivity contribution is 6.00. The van der Waals surface area contributed by atoms with Crippen LogP contribution in [0.3, 0.4) is 0 Å². The second kappa shape index (κ2) is 3.69. The van der Waals surface area contributed by atoms with Gasteiger partial charge in [-0.15, -0.1) is 0 Å². The van der Waals surface area contributed by atoms with E-state index in [1.54, 1.807) is 0 Å². The number of carbonyl (C=O) groups is 2. The Balaban J connectivity index is 1.98. The smallest absolute Gasteiger partial charge is 0.235 e. The van der Waals surface area contributed by atoms with Crippen LogP contribution in [0.4, 0.5) is 0 Å². The van der Waals surface area contributed by atoms with Crippen LogP contribution in [0.2, 0.25) is 0 Å². The second-order valence-corrected chi connectivity index (χ2v) is 4.14. The molecule has 5 nitrogen and oxygen atoms in total. The topological polar surface area (TPSA) is 63.5 Å². The number of nitrogens with zero attached hydrogens (tertiary/aromatic N) is 2. The maximum Gasteiger partial charge on any atom is 0.235 e. The summed E-state index contributed by atoms with van der Waals surface area (Å²) >= 11 is 0. The number of hydrogen-bond acceptors (Lipinski definition) is 3. The first kappa shape index (κ1) is 10.0. The molecule has 0 saturated carbocycles. The molecule has 2 amide bonds. The molecular formula is C12H11N3O2. The fraction of sp³-hybridized carbons (Fsp3) is 0.250. The lowest BCUT2D eigenvalue weighted by Gasteiger charge is -2.18. The van der Waals surface area contributed by atoms with Gasteiger partial charge in [0.15, 0.2) is 0 Å². The number of imidazole rings is 1. The van der Waals surface area contributed by atoms with Crippen LogP contribution in [-0.2, 0) is 9.59 Å². The van der Waals surface area contributed by atoms with Gasteiger partial charge in [0.25, 0.3) is 0 Å². The molecule has 1 saturated heterocycles. The number of imide groups is 1. The van der Waals surface area contributed by atoms with Gasteiger partial charge in [0.2, 0.25) is 11.8 Å². The lowest BCUT2D eigenvalue weighted by atomic mass is 9.95. The largest absolute Gasteiger partial charge is 0.307 e. The lowest BCUT2D eigenvalue weighted by Crippen LogP contribution is -2.39. The van der Waals surface area contributed by atoms with Crippen molar-refractivity contribution in [2.24, 2.45) is 0 Å². The molecule has 0 bridgehead atoms. The number of fused-ring (bicyclic) bond motifs is 1. The third kappa shape index (κ3) is 1.69. The van der Waals surface area contributed by atoms with Crippen LogP contribution in [0.25, 0.3) is 5.65 Å². The van der Waals surface area contributed by atoms with Gasteiger partial charge in [-0.3, -0.25) is 14.9 Å². The molecule has 0 aliphatic carbocycles. The Morgan fingerprint density at radius 3 is 3.00 bits per heavy atom. The number of aromatic nitrogens is 2. The summed E-state index contributed by atoms with van der Waals surface area (Å²) in [5.41, 5.74) is 1.54. The van der Waals surface area contributed by atoms with Crippen molar-refractivity contribution < 1.29 is 9.59 Å². The van der Waals surface area contributed by atoms with E-state index in [0.29, 0.717) is 12.8 Å². The maximum absolute atomic E-state index is 11.7. The highest BCUT2D eigenvalue weighted by Gasteiger charge is 2.29. The fourth-order valence-electron chi connectivity index (χ4n) is 2.10. The standard InChI is InChI=1S/C12H11N3O2/c16-11-5-4-8(12(17)14-11)9-7-15-6-2-1-3-10(15)13-9/h1-3,6-8H,4-5H2,(H,14,16,17). The van der Waals surface area contributed by atoms with Gasteiger partial charge in [-0.1, -0.05) is 6.07 Å². The van der Waals surface area contributed by atoms with E-state index in [4.69, 9.17) is 0 Å². The average molecular weight is 229 g/mol. The number of carbonyl (C=O) groups excluding carboxylic acids is 2. The summed E-state index contributed by atoms with van der Waals surface area (Å²) in [6.45, 7) is 0. The van der Waals surface area contributed by atoms with Gasteiger partial charge >= 0.3 is 0 Å². The van der Waals surface area contributed by atoms with Crippen molar-refractivity contribution >= 4 is 17.5 Å². The predicted molar refractivity (Wildman–Crippen MR) is 60.3 cm³/mol. The third-order valence-electron chi connectivity index (χ3n) is 2.98. The molecule has 5 heteroatoms. The van der Waals surface area contributed by atoms with Gasteiger partial charge in [0.05, 0.1) is 11.6 Å². The number of rotatable bonds is 1. The van der Waals surface area contributed by atoms with E-state index < -0.39 is 0 Å². The Morgan fingerprint density at radius 2 is 2.24 bits per heavy atom. The van der Waals surface area contributed by atoms with Crippen molar-refractivity contribution in [3.63, 3.8) is 0 Å². The number of nitrogens with one attached hydrogen (secondary N) is 1. The number of hydrogen-bond donors (Lipinski definition) is 1. The molecular weight excluding hydrogens is 218 g/mol. The predicted octanol–water partition coefficient (Wildman–Crippen LogP) is 0.854. The first-order chi connectivity index (χ1) is 8.24. The minimum absolute atomic E-state index is 0.199. The van der Waals surface area contributed by atoms with Gasteiger partial charge in [-0.25, -0.2) is 4.98 Å². The summed E-state index contributed by atoms with van der Waals surface area (Å²) in [5.74, 6) is -0.757. The monoisotopic (exact) mass is 229 g/mol. The van der Waals surface area contributed by atoms with Gasteiger partial charge in [-0.2, -0.15) is 0 Å². The molecule has 17 heavy (non-hydrogen) atoms. The van der Waals surface area contributed by atoms with Crippen molar-refractivity contribution in [2.45, 2.75) is 18.8 Å². The molecule has 1 N–H and O–H groups in total. The van der Waals surface area contributed by atoms with E-state index in [0.717, 1.165) is 11.3 Å². The Hall–Kier alpha value is -2.17. The second-order valence-electron chi connectivity index (χ2n) is 4.14. The van der Waals surface area contributed by atoms with Crippen LogP contribution in [0.15, 0.2) is 30.6 Å². The molecule has 1 fully saturated rings. The maximum atomic E-state index is 11.7. The van der Waals surface area contributed by atoms with Crippen LogP contribution in [0.5, 0.6) is 0 Å². The van der Waals surface area contributed by atoms with Crippen molar-refractivity contribution in [2.75, 3.05) is 0 Å². The number of amides is 2. The summed E-state index contributed by atoms with van der Waals surface area (Å²) in [5, 5.41) is 2.35. The van der Waals surface area contributed by atoms with E-state index in [1.165, 1.54) is 0 Å². The fourth-order valence-corrected chi connectivity index (χ4v) is 2.10. The molecule has 1 aliphatic rings. The molecule has 86 valence electrons. The first-order valence-corrected chi connectivity index (χ1v) is 5.51. The van der Waals surface area contributed by atoms with Crippen molar-refractivity contribution in [3.8, 4) is 0 Å². The Labute approximate surface area is 97.5 Å². The highest BCUT2D eigenvalue weighted by atomic mass is 16.2. The average Bonchev–Trinajstić information content (AvgIpc) is 2.72. The number of piperidine rings is 1. The van der Waals surface area contributed by atoms with Crippen molar-refractivity contribution in [1.82, 2.24) is 14.7 Å². The molecule has 0 aromatic carbocycles. The van der Waals surface area contributed by atoms with E-state index >= 15 is 0 Å². The summed E-state index contributed by atoms with van der Waals surface area (Å²) in [6, 6.07) is 5.69. The van der Waals surface area contributed by atoms with E-state index in [2.05, 4.69) is 10.3 Å². The van der Waals surface area contributed by atoms with Crippen LogP contribution in [-0.4, -0.2) is 21.2 Å². The zero-order valence-corrected chi connectivity index (χ0v) is 9.09. The van der Waals surface area contributed by atoms with Gasteiger partial charge in [0.1, 0.15) is 5.65 Å². The molecule has 0 spiro atoms. The highest BCUT2D eigenvalue weighted by Crippen LogP contribution is 2.24. The molecule has 1 aliphatic heterocycles. The number of pyridine rings is 1. The lowest BCUT2D eigenvalue weighted by molar-refractivity contribution is -0.134. The molecule has 3 heterocycles. The van der Waals surface area contributed by atoms with E-state index in [1.807, 2.05) is 35.0 Å². The molecule has 2 aromatic heterocycles. The van der Waals surface area contributed by atoms with Crippen LogP contribution in [0, 0.1) is 0 Å². The van der Waals surface area contributed by atoms with Gasteiger partial charge in [0, 0.05) is 18.8 Å². The van der Waals surface area contributed by atoms with Crippen molar-refractivity contribution in [1.29, 1.82) is 0 Å². The molecule has 3 rings (SSSR count). The van der Waals surface area contributed by atoms with Crippen LogP contribution < -0.4 is 5.32 Å². The zero-order chi connectivity index (χ0) is 11.8. The normalized spacial score (nSPS) is 20.6. The molecule has 0 radical (unpaired) electrons. The summed E-state index contributed by atoms with van der Waals surface area (Å²) in [6.07, 6.45) is 4.64. The van der Waals surface area contributed by atoms with Crippen molar-refractivity contribution in [3.05, 3.63) is 36.3 Å². The van der Waals surface area contributed by atoms with E-state index in [-0.39, 0.29) is 17.7 Å². The minimum atomic E-state index is -0.312. The SMILES string of the molecule is O=C1CCC(c2cn3ccccc3n2)C(=O)N1. The Morgan fingerprint density at radius 1 is 1.35 bits per heavy atom. The molecule has 1 unspecified atom stereocenters. The molecule has 1 atom stereocenters. The third-order valence-corrected chi connectivity index (χ3v) is 2.98. The Kier molecular flexibility index (Phi) is 2.18. The first-order valence-electron chi connectivity index (χ1n) is 5.51. The summed E-state index contributed by atoms with van der Waals surface area (Å²) in [4.78, 5) is 27.2. The minimum Gasteiger partial charge on any atom is -0.307 e. The summed E-state index contributed by atoms with van der Waals surface area (Å²) in [7, 11) is 0. The Bertz CT molecular complexity index is 570. The molecule has 2 aromatic rings. The quantitative estimate of drug-likeness (QED) is 0.737. The van der Waals surface area contributed by atoms with Crippen LogP contribution in [0.1, 0.15) is 24.5 Å². The summed E-state index contributed by atoms with van der Waals surface area (Å²) < 4.78 is 1.87.